The molecule has 2 atom stereocenters. The number of nitrogens with one attached hydrogen (secondary N) is 1. The summed E-state index contributed by atoms with van der Waals surface area (Å²) in [6.07, 6.45) is 0.555. The minimum absolute atomic E-state index is 0.0608. The molecule has 1 unspecified atom stereocenters. The molecule has 8 heteroatoms. The van der Waals surface area contributed by atoms with E-state index in [1.54, 1.807) is 0 Å². The summed E-state index contributed by atoms with van der Waals surface area (Å²) in [7, 11) is -4.48. The molecule has 0 spiro atoms. The summed E-state index contributed by atoms with van der Waals surface area (Å²) < 4.78 is 30.1. The highest BCUT2D eigenvalue weighted by Crippen LogP contribution is 2.19. The maximum absolute atomic E-state index is 11.7. The Morgan fingerprint density at radius 1 is 1.23 bits per heavy atom. The van der Waals surface area contributed by atoms with Crippen LogP contribution in [0.3, 0.4) is 0 Å². The van der Waals surface area contributed by atoms with E-state index in [0.717, 1.165) is 5.56 Å². The van der Waals surface area contributed by atoms with Crippen LogP contribution in [0.4, 0.5) is 0 Å². The Kier molecular flexibility index (Phi) is 6.51. The molecule has 0 aliphatic rings. The minimum atomic E-state index is -4.48. The molecule has 22 heavy (non-hydrogen) atoms. The van der Waals surface area contributed by atoms with Gasteiger partial charge in [0.2, 0.25) is 5.91 Å². The number of carboxylic acid groups (broad SMARTS) is 1. The van der Waals surface area contributed by atoms with Gasteiger partial charge in [-0.05, 0) is 17.9 Å². The zero-order valence-corrected chi connectivity index (χ0v) is 12.9. The van der Waals surface area contributed by atoms with Crippen LogP contribution < -0.4 is 5.32 Å². The summed E-state index contributed by atoms with van der Waals surface area (Å²) in [4.78, 5) is 22.6. The maximum Gasteiger partial charge on any atom is 0.327 e. The number of amides is 1. The zero-order chi connectivity index (χ0) is 16.8. The molecule has 122 valence electrons. The van der Waals surface area contributed by atoms with Crippen molar-refractivity contribution in [1.29, 1.82) is 0 Å². The van der Waals surface area contributed by atoms with E-state index in [4.69, 9.17) is 9.66 Å². The smallest absolute Gasteiger partial charge is 0.327 e. The van der Waals surface area contributed by atoms with Crippen molar-refractivity contribution in [2.24, 2.45) is 0 Å². The van der Waals surface area contributed by atoms with Crippen LogP contribution in [0, 0.1) is 0 Å². The van der Waals surface area contributed by atoms with E-state index in [1.807, 2.05) is 37.3 Å². The van der Waals surface area contributed by atoms with E-state index in [9.17, 15) is 18.0 Å². The van der Waals surface area contributed by atoms with Crippen molar-refractivity contribution in [3.63, 3.8) is 0 Å². The van der Waals surface area contributed by atoms with Crippen molar-refractivity contribution in [2.45, 2.75) is 31.7 Å². The minimum Gasteiger partial charge on any atom is -0.480 e. The van der Waals surface area contributed by atoms with E-state index >= 15 is 0 Å². The van der Waals surface area contributed by atoms with Crippen molar-refractivity contribution in [3.05, 3.63) is 35.9 Å². The van der Waals surface area contributed by atoms with Gasteiger partial charge in [-0.1, -0.05) is 37.3 Å². The molecule has 0 heterocycles. The third kappa shape index (κ3) is 6.68. The molecule has 1 rings (SSSR count). The molecule has 3 N–H and O–H groups in total. The second kappa shape index (κ2) is 7.90. The number of hydrogen-bond acceptors (Lipinski definition) is 4. The van der Waals surface area contributed by atoms with Crippen LogP contribution in [-0.2, 0) is 19.7 Å². The SMILES string of the molecule is CC(CCC(=O)N[C@@H](CS(=O)(=O)O)C(=O)O)c1ccccc1. The molecule has 0 saturated heterocycles. The standard InChI is InChI=1S/C14H19NO6S/c1-10(11-5-3-2-4-6-11)7-8-13(16)15-12(14(17)18)9-22(19,20)21/h2-6,10,12H,7-9H2,1H3,(H,15,16)(H,17,18)(H,19,20,21)/t10?,12-/m0/s1. The second-order valence-corrected chi connectivity index (χ2v) is 6.55. The van der Waals surface area contributed by atoms with Gasteiger partial charge in [0.25, 0.3) is 10.1 Å². The Bertz CT molecular complexity index is 613. The van der Waals surface area contributed by atoms with Gasteiger partial charge in [-0.15, -0.1) is 0 Å². The van der Waals surface area contributed by atoms with Gasteiger partial charge in [-0.3, -0.25) is 9.35 Å². The molecule has 0 aliphatic heterocycles. The Morgan fingerprint density at radius 2 is 1.82 bits per heavy atom. The Labute approximate surface area is 129 Å². The Morgan fingerprint density at radius 3 is 2.32 bits per heavy atom. The monoisotopic (exact) mass is 329 g/mol. The largest absolute Gasteiger partial charge is 0.480 e. The average molecular weight is 329 g/mol. The lowest BCUT2D eigenvalue weighted by molar-refractivity contribution is -0.141. The molecule has 0 aromatic heterocycles. The molecule has 1 aromatic carbocycles. The summed E-state index contributed by atoms with van der Waals surface area (Å²) in [5.41, 5.74) is 1.06. The number of carbonyl (C=O) groups is 2. The third-order valence-electron chi connectivity index (χ3n) is 3.18. The quantitative estimate of drug-likeness (QED) is 0.613. The lowest BCUT2D eigenvalue weighted by atomic mass is 9.96. The number of benzene rings is 1. The van der Waals surface area contributed by atoms with Gasteiger partial charge in [0.1, 0.15) is 11.8 Å². The van der Waals surface area contributed by atoms with Crippen molar-refractivity contribution < 1.29 is 27.7 Å². The zero-order valence-electron chi connectivity index (χ0n) is 12.1. The third-order valence-corrected chi connectivity index (χ3v) is 3.94. The number of rotatable bonds is 8. The van der Waals surface area contributed by atoms with Crippen LogP contribution in [0.5, 0.6) is 0 Å². The fraction of sp³-hybridized carbons (Fsp3) is 0.429. The summed E-state index contributed by atoms with van der Waals surface area (Å²) in [6, 6.07) is 7.86. The fourth-order valence-electron chi connectivity index (χ4n) is 1.95. The van der Waals surface area contributed by atoms with Crippen molar-refractivity contribution >= 4 is 22.0 Å². The van der Waals surface area contributed by atoms with Gasteiger partial charge in [-0.25, -0.2) is 4.79 Å². The lowest BCUT2D eigenvalue weighted by Gasteiger charge is -2.15. The normalized spacial score (nSPS) is 14.1. The molecule has 7 nitrogen and oxygen atoms in total. The van der Waals surface area contributed by atoms with Gasteiger partial charge in [0.15, 0.2) is 0 Å². The first-order valence-corrected chi connectivity index (χ1v) is 8.32. The van der Waals surface area contributed by atoms with Gasteiger partial charge < -0.3 is 10.4 Å². The summed E-state index contributed by atoms with van der Waals surface area (Å²) in [5.74, 6) is -3.03. The number of hydrogen-bond donors (Lipinski definition) is 3. The van der Waals surface area contributed by atoms with Gasteiger partial charge in [0, 0.05) is 6.42 Å². The molecule has 1 aromatic rings. The first-order valence-electron chi connectivity index (χ1n) is 6.71. The van der Waals surface area contributed by atoms with Crippen molar-refractivity contribution in [1.82, 2.24) is 5.32 Å². The molecular weight excluding hydrogens is 310 g/mol. The van der Waals surface area contributed by atoms with Gasteiger partial charge >= 0.3 is 5.97 Å². The first-order chi connectivity index (χ1) is 10.2. The molecule has 0 saturated carbocycles. The number of carbonyl (C=O) groups excluding carboxylic acids is 1. The highest BCUT2D eigenvalue weighted by atomic mass is 32.2. The van der Waals surface area contributed by atoms with E-state index in [2.05, 4.69) is 5.32 Å². The van der Waals surface area contributed by atoms with E-state index < -0.39 is 33.8 Å². The first kappa shape index (κ1) is 18.1. The van der Waals surface area contributed by atoms with Crippen LogP contribution in [0.1, 0.15) is 31.2 Å². The average Bonchev–Trinajstić information content (AvgIpc) is 2.43. The highest BCUT2D eigenvalue weighted by Gasteiger charge is 2.25. The summed E-state index contributed by atoms with van der Waals surface area (Å²) in [5, 5.41) is 11.0. The van der Waals surface area contributed by atoms with Gasteiger partial charge in [-0.2, -0.15) is 8.42 Å². The topological polar surface area (TPSA) is 121 Å². The van der Waals surface area contributed by atoms with Crippen LogP contribution in [-0.4, -0.2) is 41.7 Å². The number of carboxylic acids is 1. The van der Waals surface area contributed by atoms with Crippen LogP contribution in [0.15, 0.2) is 30.3 Å². The Hall–Kier alpha value is -1.93. The molecule has 1 amide bonds. The predicted molar refractivity (Wildman–Crippen MR) is 80.1 cm³/mol. The Balaban J connectivity index is 2.52. The van der Waals surface area contributed by atoms with Crippen molar-refractivity contribution in [2.75, 3.05) is 5.75 Å². The van der Waals surface area contributed by atoms with E-state index in [1.165, 1.54) is 0 Å². The summed E-state index contributed by atoms with van der Waals surface area (Å²) >= 11 is 0. The predicted octanol–water partition coefficient (Wildman–Crippen LogP) is 1.03. The second-order valence-electron chi connectivity index (χ2n) is 5.06. The molecule has 0 bridgehead atoms. The number of aliphatic carboxylic acids is 1. The highest BCUT2D eigenvalue weighted by molar-refractivity contribution is 7.85. The fourth-order valence-corrected chi connectivity index (χ4v) is 2.59. The van der Waals surface area contributed by atoms with Crippen LogP contribution >= 0.6 is 0 Å². The summed E-state index contributed by atoms with van der Waals surface area (Å²) in [6.45, 7) is 1.94. The van der Waals surface area contributed by atoms with Crippen molar-refractivity contribution in [3.8, 4) is 0 Å². The van der Waals surface area contributed by atoms with E-state index in [-0.39, 0.29) is 12.3 Å². The molecule has 0 aliphatic carbocycles. The molecule has 0 radical (unpaired) electrons. The molecular formula is C14H19NO6S. The van der Waals surface area contributed by atoms with Gasteiger partial charge in [0.05, 0.1) is 0 Å². The van der Waals surface area contributed by atoms with E-state index in [0.29, 0.717) is 6.42 Å². The van der Waals surface area contributed by atoms with Crippen LogP contribution in [0.2, 0.25) is 0 Å². The lowest BCUT2D eigenvalue weighted by Crippen LogP contribution is -2.45. The maximum atomic E-state index is 11.7. The van der Waals surface area contributed by atoms with Crippen LogP contribution in [0.25, 0.3) is 0 Å². The molecule has 0 fully saturated rings.